The van der Waals surface area contributed by atoms with Crippen molar-refractivity contribution in [2.24, 2.45) is 0 Å². The number of halogens is 2. The molecule has 1 heterocycles. The Morgan fingerprint density at radius 2 is 1.75 bits per heavy atom. The summed E-state index contributed by atoms with van der Waals surface area (Å²) in [4.78, 5) is 14.5. The Morgan fingerprint density at radius 1 is 1.12 bits per heavy atom. The largest absolute Gasteiger partial charge is 0.351 e. The maximum atomic E-state index is 12.1. The first-order valence-electron chi connectivity index (χ1n) is 8.54. The molecule has 1 amide bonds. The second-order valence-electron chi connectivity index (χ2n) is 6.00. The second kappa shape index (κ2) is 12.5. The molecule has 1 unspecified atom stereocenters. The van der Waals surface area contributed by atoms with Gasteiger partial charge in [0.15, 0.2) is 0 Å². The topological polar surface area (TPSA) is 44.4 Å². The van der Waals surface area contributed by atoms with Gasteiger partial charge >= 0.3 is 0 Å². The van der Waals surface area contributed by atoms with Crippen molar-refractivity contribution in [1.29, 1.82) is 0 Å². The first-order chi connectivity index (χ1) is 10.7. The lowest BCUT2D eigenvalue weighted by Gasteiger charge is -2.22. The quantitative estimate of drug-likeness (QED) is 0.769. The van der Waals surface area contributed by atoms with E-state index in [0.717, 1.165) is 44.6 Å². The molecule has 24 heavy (non-hydrogen) atoms. The normalized spacial score (nSPS) is 16.9. The van der Waals surface area contributed by atoms with E-state index >= 15 is 0 Å². The predicted octanol–water partition coefficient (Wildman–Crippen LogP) is 3.13. The van der Waals surface area contributed by atoms with Gasteiger partial charge in [0.2, 0.25) is 5.91 Å². The number of benzene rings is 1. The fourth-order valence-electron chi connectivity index (χ4n) is 2.86. The van der Waals surface area contributed by atoms with E-state index in [1.165, 1.54) is 12.0 Å². The molecule has 1 saturated heterocycles. The van der Waals surface area contributed by atoms with Crippen LogP contribution in [0.2, 0.25) is 0 Å². The summed E-state index contributed by atoms with van der Waals surface area (Å²) < 4.78 is 0. The third-order valence-corrected chi connectivity index (χ3v) is 4.42. The lowest BCUT2D eigenvalue weighted by Crippen LogP contribution is -2.46. The average Bonchev–Trinajstić information content (AvgIpc) is 2.59. The van der Waals surface area contributed by atoms with Crippen LogP contribution in [0.4, 0.5) is 0 Å². The summed E-state index contributed by atoms with van der Waals surface area (Å²) >= 11 is 0. The van der Waals surface area contributed by atoms with Gasteiger partial charge in [-0.3, -0.25) is 9.69 Å². The maximum Gasteiger partial charge on any atom is 0.237 e. The van der Waals surface area contributed by atoms with Crippen LogP contribution in [0, 0.1) is 0 Å². The van der Waals surface area contributed by atoms with E-state index in [9.17, 15) is 4.79 Å². The fraction of sp³-hybridized carbons (Fsp3) is 0.611. The maximum absolute atomic E-state index is 12.1. The van der Waals surface area contributed by atoms with E-state index in [-0.39, 0.29) is 36.8 Å². The van der Waals surface area contributed by atoms with E-state index in [1.807, 2.05) is 0 Å². The molecule has 2 N–H and O–H groups in total. The Labute approximate surface area is 158 Å². The molecule has 1 aromatic carbocycles. The number of carbonyl (C=O) groups is 1. The highest BCUT2D eigenvalue weighted by molar-refractivity contribution is 5.85. The summed E-state index contributed by atoms with van der Waals surface area (Å²) in [6.45, 7) is 9.08. The molecule has 2 rings (SSSR count). The third kappa shape index (κ3) is 7.39. The van der Waals surface area contributed by atoms with E-state index in [4.69, 9.17) is 0 Å². The van der Waals surface area contributed by atoms with Crippen LogP contribution in [0.3, 0.4) is 0 Å². The van der Waals surface area contributed by atoms with Crippen LogP contribution in [-0.4, -0.2) is 36.5 Å². The van der Waals surface area contributed by atoms with Crippen LogP contribution in [0.25, 0.3) is 0 Å². The molecule has 6 heteroatoms. The summed E-state index contributed by atoms with van der Waals surface area (Å²) in [5.41, 5.74) is 2.49. The van der Waals surface area contributed by atoms with Crippen LogP contribution < -0.4 is 10.6 Å². The number of hydrogen-bond donors (Lipinski definition) is 2. The average molecular weight is 376 g/mol. The first-order valence-corrected chi connectivity index (χ1v) is 8.54. The molecular formula is C18H31Cl2N3O. The van der Waals surface area contributed by atoms with Gasteiger partial charge in [0.25, 0.3) is 0 Å². The summed E-state index contributed by atoms with van der Waals surface area (Å²) in [6.07, 6.45) is 3.28. The Kier molecular flexibility index (Phi) is 12.1. The van der Waals surface area contributed by atoms with Gasteiger partial charge in [0, 0.05) is 13.1 Å². The Hall–Kier alpha value is -0.810. The molecule has 0 spiro atoms. The van der Waals surface area contributed by atoms with Gasteiger partial charge in [-0.2, -0.15) is 0 Å². The number of hydrogen-bond acceptors (Lipinski definition) is 3. The number of piperidine rings is 1. The zero-order chi connectivity index (χ0) is 15.8. The van der Waals surface area contributed by atoms with Crippen LogP contribution in [0.5, 0.6) is 0 Å². The van der Waals surface area contributed by atoms with Crippen LogP contribution >= 0.6 is 24.8 Å². The van der Waals surface area contributed by atoms with Crippen molar-refractivity contribution >= 4 is 30.7 Å². The number of rotatable bonds is 7. The van der Waals surface area contributed by atoms with Gasteiger partial charge in [-0.1, -0.05) is 44.5 Å². The Bertz CT molecular complexity index is 458. The lowest BCUT2D eigenvalue weighted by molar-refractivity contribution is -0.123. The molecule has 0 aromatic heterocycles. The Morgan fingerprint density at radius 3 is 2.29 bits per heavy atom. The SMILES string of the molecule is CCN(CC)Cc1ccc(CNC(=O)C2CCCCN2)cc1.Cl.Cl. The number of carbonyl (C=O) groups excluding carboxylic acids is 1. The van der Waals surface area contributed by atoms with Gasteiger partial charge in [-0.25, -0.2) is 0 Å². The lowest BCUT2D eigenvalue weighted by atomic mass is 10.0. The highest BCUT2D eigenvalue weighted by Crippen LogP contribution is 2.09. The van der Waals surface area contributed by atoms with Crippen molar-refractivity contribution < 1.29 is 4.79 Å². The van der Waals surface area contributed by atoms with Crippen molar-refractivity contribution in [3.8, 4) is 0 Å². The summed E-state index contributed by atoms with van der Waals surface area (Å²) in [5, 5.41) is 6.32. The fourth-order valence-corrected chi connectivity index (χ4v) is 2.86. The zero-order valence-electron chi connectivity index (χ0n) is 14.7. The smallest absolute Gasteiger partial charge is 0.237 e. The van der Waals surface area contributed by atoms with Crippen molar-refractivity contribution in [3.05, 3.63) is 35.4 Å². The van der Waals surface area contributed by atoms with Crippen molar-refractivity contribution in [2.45, 2.75) is 52.2 Å². The Balaban J connectivity index is 0.00000264. The van der Waals surface area contributed by atoms with Crippen LogP contribution in [0.15, 0.2) is 24.3 Å². The molecule has 1 atom stereocenters. The van der Waals surface area contributed by atoms with Gasteiger partial charge in [0.05, 0.1) is 6.04 Å². The molecule has 1 aliphatic heterocycles. The summed E-state index contributed by atoms with van der Waals surface area (Å²) in [7, 11) is 0. The van der Waals surface area contributed by atoms with E-state index in [1.54, 1.807) is 0 Å². The molecule has 4 nitrogen and oxygen atoms in total. The van der Waals surface area contributed by atoms with E-state index < -0.39 is 0 Å². The van der Waals surface area contributed by atoms with E-state index in [0.29, 0.717) is 6.54 Å². The molecule has 0 saturated carbocycles. The molecule has 0 aliphatic carbocycles. The first kappa shape index (κ1) is 23.2. The van der Waals surface area contributed by atoms with Gasteiger partial charge in [-0.15, -0.1) is 24.8 Å². The monoisotopic (exact) mass is 375 g/mol. The highest BCUT2D eigenvalue weighted by atomic mass is 35.5. The van der Waals surface area contributed by atoms with Crippen LogP contribution in [0.1, 0.15) is 44.2 Å². The molecule has 0 radical (unpaired) electrons. The van der Waals surface area contributed by atoms with Crippen molar-refractivity contribution in [1.82, 2.24) is 15.5 Å². The van der Waals surface area contributed by atoms with Crippen molar-refractivity contribution in [3.63, 3.8) is 0 Å². The van der Waals surface area contributed by atoms with Crippen molar-refractivity contribution in [2.75, 3.05) is 19.6 Å². The number of nitrogens with zero attached hydrogens (tertiary/aromatic N) is 1. The minimum Gasteiger partial charge on any atom is -0.351 e. The summed E-state index contributed by atoms with van der Waals surface area (Å²) in [5.74, 6) is 0.131. The molecule has 1 aliphatic rings. The highest BCUT2D eigenvalue weighted by Gasteiger charge is 2.19. The number of nitrogens with one attached hydrogen (secondary N) is 2. The van der Waals surface area contributed by atoms with E-state index in [2.05, 4.69) is 53.6 Å². The molecule has 138 valence electrons. The predicted molar refractivity (Wildman–Crippen MR) is 105 cm³/mol. The van der Waals surface area contributed by atoms with Gasteiger partial charge in [0.1, 0.15) is 0 Å². The van der Waals surface area contributed by atoms with Gasteiger partial charge in [-0.05, 0) is 43.6 Å². The van der Waals surface area contributed by atoms with Crippen LogP contribution in [-0.2, 0) is 17.9 Å². The van der Waals surface area contributed by atoms with Gasteiger partial charge < -0.3 is 10.6 Å². The second-order valence-corrected chi connectivity index (χ2v) is 6.00. The standard InChI is InChI=1S/C18H29N3O.2ClH/c1-3-21(4-2)14-16-10-8-15(9-11-16)13-20-18(22)17-7-5-6-12-19-17;;/h8-11,17,19H,3-7,12-14H2,1-2H3,(H,20,22);2*1H. The third-order valence-electron chi connectivity index (χ3n) is 4.42. The molecule has 1 aromatic rings. The zero-order valence-corrected chi connectivity index (χ0v) is 16.3. The molecular weight excluding hydrogens is 345 g/mol. The number of amides is 1. The summed E-state index contributed by atoms with van der Waals surface area (Å²) in [6, 6.07) is 8.56. The molecule has 0 bridgehead atoms. The molecule has 1 fully saturated rings. The minimum absolute atomic E-state index is 0. The minimum atomic E-state index is -0.00399.